The van der Waals surface area contributed by atoms with Gasteiger partial charge in [-0.05, 0) is 50.2 Å². The summed E-state index contributed by atoms with van der Waals surface area (Å²) >= 11 is 6.09. The molecule has 0 aromatic carbocycles. The van der Waals surface area contributed by atoms with E-state index >= 15 is 0 Å². The molecule has 1 aliphatic carbocycles. The summed E-state index contributed by atoms with van der Waals surface area (Å²) < 4.78 is 1.79. The molecule has 124 valence electrons. The summed E-state index contributed by atoms with van der Waals surface area (Å²) in [6, 6.07) is 4.30. The van der Waals surface area contributed by atoms with Crippen LogP contribution in [0.3, 0.4) is 0 Å². The lowest BCUT2D eigenvalue weighted by molar-refractivity contribution is 0.225. The van der Waals surface area contributed by atoms with E-state index in [1.807, 2.05) is 25.4 Å². The summed E-state index contributed by atoms with van der Waals surface area (Å²) in [6.07, 6.45) is 9.19. The molecule has 1 aliphatic rings. The monoisotopic (exact) mass is 334 g/mol. The Kier molecular flexibility index (Phi) is 5.18. The van der Waals surface area contributed by atoms with Crippen LogP contribution in [0.4, 0.5) is 5.69 Å². The first kappa shape index (κ1) is 16.3. The number of aryl methyl sites for hydroxylation is 1. The number of pyridine rings is 1. The molecule has 0 atom stereocenters. The van der Waals surface area contributed by atoms with Gasteiger partial charge in [-0.25, -0.2) is 4.98 Å². The minimum absolute atomic E-state index is 0.298. The summed E-state index contributed by atoms with van der Waals surface area (Å²) in [6.45, 7) is 0.298. The zero-order valence-electron chi connectivity index (χ0n) is 13.4. The van der Waals surface area contributed by atoms with Crippen molar-refractivity contribution in [3.05, 3.63) is 29.7 Å². The number of aliphatic hydroxyl groups excluding tert-OH is 1. The van der Waals surface area contributed by atoms with Crippen molar-refractivity contribution < 1.29 is 5.11 Å². The molecule has 2 heterocycles. The van der Waals surface area contributed by atoms with Gasteiger partial charge in [0.15, 0.2) is 0 Å². The van der Waals surface area contributed by atoms with Crippen molar-refractivity contribution in [3.8, 4) is 11.3 Å². The van der Waals surface area contributed by atoms with E-state index in [0.717, 1.165) is 49.0 Å². The van der Waals surface area contributed by atoms with Crippen LogP contribution in [0.5, 0.6) is 0 Å². The van der Waals surface area contributed by atoms with Crippen molar-refractivity contribution in [2.45, 2.75) is 38.1 Å². The molecule has 23 heavy (non-hydrogen) atoms. The Labute approximate surface area is 141 Å². The fourth-order valence-corrected chi connectivity index (χ4v) is 3.47. The number of nitrogens with zero attached hydrogens (tertiary/aromatic N) is 3. The molecule has 0 aliphatic heterocycles. The number of nitrogens with one attached hydrogen (secondary N) is 1. The second-order valence-corrected chi connectivity index (χ2v) is 6.69. The van der Waals surface area contributed by atoms with Crippen LogP contribution in [0.25, 0.3) is 11.3 Å². The summed E-state index contributed by atoms with van der Waals surface area (Å²) in [5.41, 5.74) is 2.87. The van der Waals surface area contributed by atoms with Gasteiger partial charge in [0.05, 0.1) is 5.69 Å². The molecule has 5 nitrogen and oxygen atoms in total. The first-order chi connectivity index (χ1) is 11.2. The lowest BCUT2D eigenvalue weighted by Crippen LogP contribution is -2.26. The third-order valence-electron chi connectivity index (χ3n) is 4.60. The lowest BCUT2D eigenvalue weighted by Gasteiger charge is -2.30. The van der Waals surface area contributed by atoms with Gasteiger partial charge in [-0.1, -0.05) is 11.6 Å². The third kappa shape index (κ3) is 4.03. The van der Waals surface area contributed by atoms with Crippen molar-refractivity contribution in [3.63, 3.8) is 0 Å². The molecule has 0 amide bonds. The zero-order valence-corrected chi connectivity index (χ0v) is 14.1. The number of halogens is 1. The molecule has 2 aromatic rings. The van der Waals surface area contributed by atoms with Crippen LogP contribution in [0.15, 0.2) is 24.5 Å². The van der Waals surface area contributed by atoms with E-state index in [9.17, 15) is 0 Å². The second kappa shape index (κ2) is 7.32. The smallest absolute Gasteiger partial charge is 0.131 e. The highest BCUT2D eigenvalue weighted by Gasteiger charge is 2.22. The van der Waals surface area contributed by atoms with E-state index < -0.39 is 0 Å². The van der Waals surface area contributed by atoms with E-state index in [-0.39, 0.29) is 0 Å². The predicted octanol–water partition coefficient (Wildman–Crippen LogP) is 3.49. The van der Waals surface area contributed by atoms with Gasteiger partial charge in [0, 0.05) is 43.3 Å². The van der Waals surface area contributed by atoms with Gasteiger partial charge < -0.3 is 10.4 Å². The van der Waals surface area contributed by atoms with Crippen molar-refractivity contribution >= 4 is 17.3 Å². The van der Waals surface area contributed by atoms with Gasteiger partial charge in [-0.3, -0.25) is 4.68 Å². The molecule has 0 bridgehead atoms. The highest BCUT2D eigenvalue weighted by molar-refractivity contribution is 6.29. The van der Waals surface area contributed by atoms with Crippen LogP contribution in [0.1, 0.15) is 32.1 Å². The summed E-state index contributed by atoms with van der Waals surface area (Å²) in [4.78, 5) is 4.20. The topological polar surface area (TPSA) is 63.0 Å². The van der Waals surface area contributed by atoms with Crippen molar-refractivity contribution in [1.29, 1.82) is 0 Å². The maximum absolute atomic E-state index is 9.07. The van der Waals surface area contributed by atoms with Crippen LogP contribution in [0, 0.1) is 5.92 Å². The Morgan fingerprint density at radius 2 is 2.13 bits per heavy atom. The molecule has 1 fully saturated rings. The number of anilines is 1. The Morgan fingerprint density at radius 1 is 1.35 bits per heavy atom. The summed E-state index contributed by atoms with van der Waals surface area (Å²) in [5.74, 6) is 0.661. The molecule has 0 spiro atoms. The van der Waals surface area contributed by atoms with Gasteiger partial charge in [0.2, 0.25) is 0 Å². The van der Waals surface area contributed by atoms with Crippen LogP contribution in [-0.4, -0.2) is 32.5 Å². The Bertz CT molecular complexity index is 650. The molecular formula is C17H23ClN4O. The number of aliphatic hydroxyl groups is 1. The molecule has 2 N–H and O–H groups in total. The minimum atomic E-state index is 0.298. The fraction of sp³-hybridized carbons (Fsp3) is 0.529. The maximum atomic E-state index is 9.07. The number of aromatic nitrogens is 3. The number of hydrogen-bond donors (Lipinski definition) is 2. The Morgan fingerprint density at radius 3 is 2.78 bits per heavy atom. The van der Waals surface area contributed by atoms with Crippen molar-refractivity contribution in [2.24, 2.45) is 13.0 Å². The van der Waals surface area contributed by atoms with Crippen LogP contribution in [-0.2, 0) is 7.05 Å². The standard InChI is InChI=1S/C17H23ClN4O/c1-22-8-6-15(21-22)14-11-19-17(18)10-16(14)20-13-4-2-12(3-5-13)7-9-23/h6,8,10-13,23H,2-5,7,9H2,1H3,(H,19,20). The largest absolute Gasteiger partial charge is 0.396 e. The molecule has 2 aromatic heterocycles. The summed E-state index contributed by atoms with van der Waals surface area (Å²) in [5, 5.41) is 17.6. The molecule has 0 saturated heterocycles. The quantitative estimate of drug-likeness (QED) is 0.822. The van der Waals surface area contributed by atoms with E-state index in [1.165, 1.54) is 0 Å². The second-order valence-electron chi connectivity index (χ2n) is 6.30. The highest BCUT2D eigenvalue weighted by Crippen LogP contribution is 2.32. The molecule has 0 radical (unpaired) electrons. The summed E-state index contributed by atoms with van der Waals surface area (Å²) in [7, 11) is 1.91. The number of rotatable bonds is 5. The Hall–Kier alpha value is -1.59. The number of hydrogen-bond acceptors (Lipinski definition) is 4. The minimum Gasteiger partial charge on any atom is -0.396 e. The third-order valence-corrected chi connectivity index (χ3v) is 4.81. The molecular weight excluding hydrogens is 312 g/mol. The molecule has 0 unspecified atom stereocenters. The van der Waals surface area contributed by atoms with E-state index in [1.54, 1.807) is 10.9 Å². The average Bonchev–Trinajstić information content (AvgIpc) is 2.96. The van der Waals surface area contributed by atoms with E-state index in [0.29, 0.717) is 23.7 Å². The van der Waals surface area contributed by atoms with Gasteiger partial charge in [0.25, 0.3) is 0 Å². The van der Waals surface area contributed by atoms with Crippen molar-refractivity contribution in [2.75, 3.05) is 11.9 Å². The SMILES string of the molecule is Cn1ccc(-c2cnc(Cl)cc2NC2CCC(CCO)CC2)n1. The normalized spacial score (nSPS) is 21.3. The van der Waals surface area contributed by atoms with Crippen LogP contribution >= 0.6 is 11.6 Å². The van der Waals surface area contributed by atoms with Crippen LogP contribution < -0.4 is 5.32 Å². The van der Waals surface area contributed by atoms with E-state index in [4.69, 9.17) is 16.7 Å². The maximum Gasteiger partial charge on any atom is 0.131 e. The van der Waals surface area contributed by atoms with Crippen LogP contribution in [0.2, 0.25) is 5.15 Å². The fourth-order valence-electron chi connectivity index (χ4n) is 3.31. The first-order valence-corrected chi connectivity index (χ1v) is 8.56. The average molecular weight is 335 g/mol. The zero-order chi connectivity index (χ0) is 16.2. The highest BCUT2D eigenvalue weighted by atomic mass is 35.5. The molecule has 3 rings (SSSR count). The Balaban J connectivity index is 1.74. The van der Waals surface area contributed by atoms with Gasteiger partial charge >= 0.3 is 0 Å². The van der Waals surface area contributed by atoms with Crippen molar-refractivity contribution in [1.82, 2.24) is 14.8 Å². The van der Waals surface area contributed by atoms with Gasteiger partial charge in [-0.2, -0.15) is 5.10 Å². The predicted molar refractivity (Wildman–Crippen MR) is 92.5 cm³/mol. The molecule has 6 heteroatoms. The van der Waals surface area contributed by atoms with Gasteiger partial charge in [-0.15, -0.1) is 0 Å². The first-order valence-electron chi connectivity index (χ1n) is 8.18. The lowest BCUT2D eigenvalue weighted by atomic mass is 9.84. The van der Waals surface area contributed by atoms with E-state index in [2.05, 4.69) is 15.4 Å². The molecule has 1 saturated carbocycles. The van der Waals surface area contributed by atoms with Gasteiger partial charge in [0.1, 0.15) is 5.15 Å².